The number of ether oxygens (including phenoxy) is 1. The van der Waals surface area contributed by atoms with Gasteiger partial charge in [0.05, 0.1) is 30.8 Å². The highest BCUT2D eigenvalue weighted by Gasteiger charge is 2.23. The van der Waals surface area contributed by atoms with E-state index in [2.05, 4.69) is 35.8 Å². The molecule has 0 radical (unpaired) electrons. The number of nitrogens with zero attached hydrogens (tertiary/aromatic N) is 5. The van der Waals surface area contributed by atoms with E-state index in [4.69, 9.17) is 10.00 Å². The third-order valence-electron chi connectivity index (χ3n) is 5.73. The quantitative estimate of drug-likeness (QED) is 0.489. The molecule has 34 heavy (non-hydrogen) atoms. The van der Waals surface area contributed by atoms with E-state index in [0.717, 1.165) is 31.6 Å². The molecular weight excluding hydrogens is 432 g/mol. The Kier molecular flexibility index (Phi) is 7.15. The van der Waals surface area contributed by atoms with Crippen LogP contribution >= 0.6 is 0 Å². The van der Waals surface area contributed by atoms with Gasteiger partial charge in [-0.2, -0.15) is 5.26 Å². The first-order valence-electron chi connectivity index (χ1n) is 11.0. The zero-order valence-electron chi connectivity index (χ0n) is 19.1. The average Bonchev–Trinajstić information content (AvgIpc) is 2.89. The van der Waals surface area contributed by atoms with Crippen molar-refractivity contribution in [2.24, 2.45) is 0 Å². The van der Waals surface area contributed by atoms with Gasteiger partial charge in [-0.05, 0) is 50.2 Å². The second-order valence-electron chi connectivity index (χ2n) is 7.89. The summed E-state index contributed by atoms with van der Waals surface area (Å²) in [5.74, 6) is 1.44. The number of anilines is 4. The molecule has 3 aromatic rings. The highest BCUT2D eigenvalue weighted by Crippen LogP contribution is 2.28. The lowest BCUT2D eigenvalue weighted by atomic mass is 10.0. The minimum Gasteiger partial charge on any atom is -0.497 e. The summed E-state index contributed by atoms with van der Waals surface area (Å²) in [7, 11) is 3.60. The first-order chi connectivity index (χ1) is 16.6. The van der Waals surface area contributed by atoms with E-state index in [9.17, 15) is 4.79 Å². The van der Waals surface area contributed by atoms with E-state index in [0.29, 0.717) is 34.7 Å². The summed E-state index contributed by atoms with van der Waals surface area (Å²) in [4.78, 5) is 28.0. The summed E-state index contributed by atoms with van der Waals surface area (Å²) < 4.78 is 5.18. The summed E-state index contributed by atoms with van der Waals surface area (Å²) in [6, 6.07) is 11.2. The first kappa shape index (κ1) is 22.9. The Morgan fingerprint density at radius 1 is 1.12 bits per heavy atom. The summed E-state index contributed by atoms with van der Waals surface area (Å²) in [6.45, 7) is 1.86. The molecule has 1 amide bonds. The molecule has 0 aliphatic carbocycles. The molecule has 1 aliphatic heterocycles. The lowest BCUT2D eigenvalue weighted by molar-refractivity contribution is 0.102. The van der Waals surface area contributed by atoms with Gasteiger partial charge in [-0.15, -0.1) is 0 Å². The Bertz CT molecular complexity index is 1170. The zero-order chi connectivity index (χ0) is 23.9. The molecule has 0 spiro atoms. The molecule has 174 valence electrons. The van der Waals surface area contributed by atoms with Gasteiger partial charge in [-0.3, -0.25) is 4.79 Å². The van der Waals surface area contributed by atoms with Crippen molar-refractivity contribution in [3.8, 4) is 11.8 Å². The third-order valence-corrected chi connectivity index (χ3v) is 5.73. The molecule has 1 aromatic carbocycles. The van der Waals surface area contributed by atoms with Gasteiger partial charge in [0.2, 0.25) is 0 Å². The molecule has 0 atom stereocenters. The number of pyridine rings is 1. The first-order valence-corrected chi connectivity index (χ1v) is 11.0. The van der Waals surface area contributed by atoms with Crippen LogP contribution in [0.4, 0.5) is 23.0 Å². The summed E-state index contributed by atoms with van der Waals surface area (Å²) in [5, 5.41) is 18.3. The van der Waals surface area contributed by atoms with Crippen LogP contribution < -0.4 is 25.6 Å². The fraction of sp³-hybridized carbons (Fsp3) is 0.292. The maximum absolute atomic E-state index is 13.2. The Hall–Kier alpha value is -4.23. The number of amides is 1. The van der Waals surface area contributed by atoms with Crippen LogP contribution in [0.15, 0.2) is 48.9 Å². The molecule has 2 aromatic heterocycles. The van der Waals surface area contributed by atoms with Crippen LogP contribution in [0, 0.1) is 11.3 Å². The number of hydrogen-bond donors (Lipinski definition) is 3. The van der Waals surface area contributed by atoms with E-state index < -0.39 is 0 Å². The van der Waals surface area contributed by atoms with E-state index in [1.165, 1.54) is 12.4 Å². The number of carbonyl (C=O) groups excluding carboxylic acids is 1. The van der Waals surface area contributed by atoms with Crippen molar-refractivity contribution in [1.82, 2.24) is 20.3 Å². The van der Waals surface area contributed by atoms with Gasteiger partial charge in [0.1, 0.15) is 23.5 Å². The predicted octanol–water partition coefficient (Wildman–Crippen LogP) is 2.94. The molecular formula is C24H26N8O2. The number of rotatable bonds is 7. The van der Waals surface area contributed by atoms with E-state index in [-0.39, 0.29) is 11.6 Å². The van der Waals surface area contributed by atoms with Gasteiger partial charge in [-0.1, -0.05) is 0 Å². The van der Waals surface area contributed by atoms with Gasteiger partial charge in [-0.25, -0.2) is 15.0 Å². The largest absolute Gasteiger partial charge is 0.497 e. The van der Waals surface area contributed by atoms with Gasteiger partial charge in [0.15, 0.2) is 5.69 Å². The van der Waals surface area contributed by atoms with Crippen molar-refractivity contribution in [3.05, 3.63) is 60.2 Å². The van der Waals surface area contributed by atoms with Gasteiger partial charge in [0, 0.05) is 31.0 Å². The number of nitrogens with one attached hydrogen (secondary N) is 3. The highest BCUT2D eigenvalue weighted by atomic mass is 16.5. The second-order valence-corrected chi connectivity index (χ2v) is 7.89. The number of piperidine rings is 1. The van der Waals surface area contributed by atoms with Crippen molar-refractivity contribution in [2.45, 2.75) is 18.9 Å². The minimum absolute atomic E-state index is 0.232. The normalized spacial score (nSPS) is 13.6. The summed E-state index contributed by atoms with van der Waals surface area (Å²) in [6.07, 6.45) is 6.37. The Labute approximate surface area is 198 Å². The summed E-state index contributed by atoms with van der Waals surface area (Å²) in [5.41, 5.74) is 2.12. The summed E-state index contributed by atoms with van der Waals surface area (Å²) >= 11 is 0. The number of carbonyl (C=O) groups is 1. The third kappa shape index (κ3) is 5.39. The maximum atomic E-state index is 13.2. The lowest BCUT2D eigenvalue weighted by Crippen LogP contribution is -2.41. The Morgan fingerprint density at radius 3 is 2.50 bits per heavy atom. The van der Waals surface area contributed by atoms with Gasteiger partial charge >= 0.3 is 0 Å². The smallest absolute Gasteiger partial charge is 0.259 e. The maximum Gasteiger partial charge on any atom is 0.259 e. The molecule has 3 heterocycles. The molecule has 1 aliphatic rings. The SMILES string of the molecule is COc1ccc(NC(=O)c2cnc(Nc3cnc(C#N)cn3)cc2N(C)C2CCNCC2)cc1. The number of methoxy groups -OCH3 is 1. The Morgan fingerprint density at radius 2 is 1.85 bits per heavy atom. The molecule has 0 unspecified atom stereocenters. The van der Waals surface area contributed by atoms with Crippen LogP contribution in [-0.2, 0) is 0 Å². The van der Waals surface area contributed by atoms with Crippen LogP contribution in [0.25, 0.3) is 0 Å². The number of benzene rings is 1. The van der Waals surface area contributed by atoms with Crippen molar-refractivity contribution in [1.29, 1.82) is 5.26 Å². The molecule has 1 fully saturated rings. The fourth-order valence-corrected chi connectivity index (χ4v) is 3.82. The fourth-order valence-electron chi connectivity index (χ4n) is 3.82. The average molecular weight is 459 g/mol. The van der Waals surface area contributed by atoms with Crippen LogP contribution in [0.5, 0.6) is 5.75 Å². The van der Waals surface area contributed by atoms with E-state index in [1.807, 2.05) is 19.2 Å². The topological polar surface area (TPSA) is 128 Å². The van der Waals surface area contributed by atoms with Crippen molar-refractivity contribution >= 4 is 28.9 Å². The Balaban J connectivity index is 1.61. The number of nitriles is 1. The molecule has 1 saturated heterocycles. The monoisotopic (exact) mass is 458 g/mol. The second kappa shape index (κ2) is 10.6. The van der Waals surface area contributed by atoms with Crippen LogP contribution in [0.2, 0.25) is 0 Å². The van der Waals surface area contributed by atoms with Crippen LogP contribution in [-0.4, -0.2) is 54.1 Å². The molecule has 3 N–H and O–H groups in total. The molecule has 4 rings (SSSR count). The van der Waals surface area contributed by atoms with Crippen molar-refractivity contribution < 1.29 is 9.53 Å². The van der Waals surface area contributed by atoms with Gasteiger partial charge in [0.25, 0.3) is 5.91 Å². The number of hydrogen-bond acceptors (Lipinski definition) is 9. The van der Waals surface area contributed by atoms with Crippen molar-refractivity contribution in [3.63, 3.8) is 0 Å². The van der Waals surface area contributed by atoms with E-state index in [1.54, 1.807) is 37.6 Å². The molecule has 0 saturated carbocycles. The van der Waals surface area contributed by atoms with Crippen LogP contribution in [0.3, 0.4) is 0 Å². The van der Waals surface area contributed by atoms with Crippen molar-refractivity contribution in [2.75, 3.05) is 42.8 Å². The molecule has 10 heteroatoms. The standard InChI is InChI=1S/C24H26N8O2/c1-32(18-7-9-26-10-8-18)21-11-22(31-23-15-27-17(12-25)13-28-23)29-14-20(21)24(33)30-16-3-5-19(34-2)6-4-16/h3-6,11,13-15,18,26H,7-10H2,1-2H3,(H,30,33)(H,28,29,31). The zero-order valence-corrected chi connectivity index (χ0v) is 19.1. The lowest BCUT2D eigenvalue weighted by Gasteiger charge is -2.34. The molecule has 10 nitrogen and oxygen atoms in total. The number of aromatic nitrogens is 3. The minimum atomic E-state index is -0.252. The molecule has 0 bridgehead atoms. The van der Waals surface area contributed by atoms with E-state index >= 15 is 0 Å². The van der Waals surface area contributed by atoms with Gasteiger partial charge < -0.3 is 25.6 Å². The highest BCUT2D eigenvalue weighted by molar-refractivity contribution is 6.08. The predicted molar refractivity (Wildman–Crippen MR) is 130 cm³/mol. The van der Waals surface area contributed by atoms with Crippen LogP contribution in [0.1, 0.15) is 28.9 Å².